The third-order valence-corrected chi connectivity index (χ3v) is 4.93. The number of benzene rings is 2. The zero-order chi connectivity index (χ0) is 22.2. The van der Waals surface area contributed by atoms with Crippen molar-refractivity contribution in [1.82, 2.24) is 10.6 Å². The highest BCUT2D eigenvalue weighted by Crippen LogP contribution is 2.24. The van der Waals surface area contributed by atoms with Gasteiger partial charge in [-0.3, -0.25) is 4.79 Å². The minimum absolute atomic E-state index is 0.0468. The van der Waals surface area contributed by atoms with E-state index >= 15 is 0 Å². The van der Waals surface area contributed by atoms with E-state index in [1.54, 1.807) is 18.2 Å². The highest BCUT2D eigenvalue weighted by molar-refractivity contribution is 5.89. The van der Waals surface area contributed by atoms with Crippen LogP contribution in [-0.2, 0) is 16.1 Å². The Balaban J connectivity index is 1.41. The summed E-state index contributed by atoms with van der Waals surface area (Å²) in [5.74, 6) is -0.535. The number of amides is 3. The maximum atomic E-state index is 14.6. The number of carbonyl (C=O) groups is 2. The number of carbonyl (C=O) groups excluding carboxylic acids is 2. The molecule has 1 aliphatic heterocycles. The van der Waals surface area contributed by atoms with Gasteiger partial charge in [-0.2, -0.15) is 0 Å². The SMILES string of the molecule is CC1CN(c2ccc(CNC(=O)CCNC(=O)Nc3ccccc3)cc2F)CC(C)O1. The van der Waals surface area contributed by atoms with Gasteiger partial charge in [0.2, 0.25) is 5.91 Å². The molecule has 31 heavy (non-hydrogen) atoms. The molecule has 0 saturated carbocycles. The molecule has 0 bridgehead atoms. The van der Waals surface area contributed by atoms with Crippen LogP contribution in [0.2, 0.25) is 0 Å². The lowest BCUT2D eigenvalue weighted by Crippen LogP contribution is -2.45. The number of halogens is 1. The number of hydrogen-bond donors (Lipinski definition) is 3. The average Bonchev–Trinajstić information content (AvgIpc) is 2.72. The lowest BCUT2D eigenvalue weighted by molar-refractivity contribution is -0.121. The standard InChI is InChI=1S/C23H29FN4O3/c1-16-14-28(15-17(2)31-16)21-9-8-18(12-20(21)24)13-26-22(29)10-11-25-23(30)27-19-6-4-3-5-7-19/h3-9,12,16-17H,10-11,13-15H2,1-2H3,(H,26,29)(H2,25,27,30). The molecular formula is C23H29FN4O3. The van der Waals surface area contributed by atoms with Crippen LogP contribution in [0.4, 0.5) is 20.6 Å². The molecule has 1 heterocycles. The van der Waals surface area contributed by atoms with Crippen molar-refractivity contribution in [2.24, 2.45) is 0 Å². The molecule has 2 atom stereocenters. The van der Waals surface area contributed by atoms with E-state index in [0.717, 1.165) is 0 Å². The lowest BCUT2D eigenvalue weighted by atomic mass is 10.1. The average molecular weight is 429 g/mol. The van der Waals surface area contributed by atoms with Gasteiger partial charge in [0, 0.05) is 38.3 Å². The van der Waals surface area contributed by atoms with E-state index in [1.165, 1.54) is 6.07 Å². The fourth-order valence-corrected chi connectivity index (χ4v) is 3.57. The molecule has 2 aromatic carbocycles. The molecule has 1 fully saturated rings. The van der Waals surface area contributed by atoms with Gasteiger partial charge in [-0.1, -0.05) is 24.3 Å². The molecule has 3 amide bonds. The summed E-state index contributed by atoms with van der Waals surface area (Å²) in [4.78, 5) is 25.8. The van der Waals surface area contributed by atoms with Crippen LogP contribution in [0.5, 0.6) is 0 Å². The Morgan fingerprint density at radius 3 is 2.45 bits per heavy atom. The summed E-state index contributed by atoms with van der Waals surface area (Å²) in [6.45, 7) is 5.66. The van der Waals surface area contributed by atoms with Gasteiger partial charge < -0.3 is 25.6 Å². The third-order valence-electron chi connectivity index (χ3n) is 4.93. The van der Waals surface area contributed by atoms with Crippen molar-refractivity contribution in [3.05, 3.63) is 59.9 Å². The number of ether oxygens (including phenoxy) is 1. The zero-order valence-electron chi connectivity index (χ0n) is 17.9. The summed E-state index contributed by atoms with van der Waals surface area (Å²) in [6, 6.07) is 13.7. The van der Waals surface area contributed by atoms with E-state index in [4.69, 9.17) is 4.74 Å². The van der Waals surface area contributed by atoms with Crippen LogP contribution < -0.4 is 20.9 Å². The monoisotopic (exact) mass is 428 g/mol. The van der Waals surface area contributed by atoms with E-state index in [2.05, 4.69) is 16.0 Å². The van der Waals surface area contributed by atoms with E-state index in [9.17, 15) is 14.0 Å². The van der Waals surface area contributed by atoms with Crippen molar-refractivity contribution < 1.29 is 18.7 Å². The molecule has 0 radical (unpaired) electrons. The molecule has 0 aliphatic carbocycles. The smallest absolute Gasteiger partial charge is 0.319 e. The molecule has 3 rings (SSSR count). The van der Waals surface area contributed by atoms with Crippen molar-refractivity contribution in [3.8, 4) is 0 Å². The van der Waals surface area contributed by atoms with Crippen LogP contribution in [0.3, 0.4) is 0 Å². The molecule has 2 unspecified atom stereocenters. The summed E-state index contributed by atoms with van der Waals surface area (Å²) in [5.41, 5.74) is 1.90. The fraction of sp³-hybridized carbons (Fsp3) is 0.391. The maximum absolute atomic E-state index is 14.6. The first-order valence-electron chi connectivity index (χ1n) is 10.5. The largest absolute Gasteiger partial charge is 0.372 e. The topological polar surface area (TPSA) is 82.7 Å². The minimum Gasteiger partial charge on any atom is -0.372 e. The molecule has 1 aliphatic rings. The van der Waals surface area contributed by atoms with Crippen molar-refractivity contribution in [2.75, 3.05) is 29.9 Å². The second kappa shape index (κ2) is 10.8. The summed E-state index contributed by atoms with van der Waals surface area (Å²) in [7, 11) is 0. The summed E-state index contributed by atoms with van der Waals surface area (Å²) < 4.78 is 20.3. The summed E-state index contributed by atoms with van der Waals surface area (Å²) in [6.07, 6.45) is 0.225. The normalized spacial score (nSPS) is 18.4. The van der Waals surface area contributed by atoms with Crippen molar-refractivity contribution >= 4 is 23.3 Å². The quantitative estimate of drug-likeness (QED) is 0.632. The third kappa shape index (κ3) is 6.96. The van der Waals surface area contributed by atoms with Crippen molar-refractivity contribution in [1.29, 1.82) is 0 Å². The molecule has 0 spiro atoms. The van der Waals surface area contributed by atoms with Gasteiger partial charge >= 0.3 is 6.03 Å². The number of anilines is 2. The molecule has 7 nitrogen and oxygen atoms in total. The predicted octanol–water partition coefficient (Wildman–Crippen LogP) is 3.27. The van der Waals surface area contributed by atoms with Crippen molar-refractivity contribution in [2.45, 2.75) is 39.0 Å². The first kappa shape index (κ1) is 22.6. The van der Waals surface area contributed by atoms with Gasteiger partial charge in [-0.15, -0.1) is 0 Å². The molecular weight excluding hydrogens is 399 g/mol. The Kier molecular flexibility index (Phi) is 7.83. The van der Waals surface area contributed by atoms with E-state index < -0.39 is 0 Å². The van der Waals surface area contributed by atoms with Gasteiger partial charge in [-0.25, -0.2) is 9.18 Å². The summed E-state index contributed by atoms with van der Waals surface area (Å²) in [5, 5.41) is 8.07. The number of urea groups is 1. The van der Waals surface area contributed by atoms with Crippen LogP contribution in [0.15, 0.2) is 48.5 Å². The van der Waals surface area contributed by atoms with Gasteiger partial charge in [0.05, 0.1) is 17.9 Å². The zero-order valence-corrected chi connectivity index (χ0v) is 17.9. The van der Waals surface area contributed by atoms with Gasteiger partial charge in [0.25, 0.3) is 0 Å². The van der Waals surface area contributed by atoms with Gasteiger partial charge in [-0.05, 0) is 43.7 Å². The van der Waals surface area contributed by atoms with Gasteiger partial charge in [0.1, 0.15) is 5.82 Å². The molecule has 3 N–H and O–H groups in total. The predicted molar refractivity (Wildman–Crippen MR) is 119 cm³/mol. The Bertz CT molecular complexity index is 884. The molecule has 0 aromatic heterocycles. The van der Waals surface area contributed by atoms with Crippen LogP contribution in [0, 0.1) is 5.82 Å². The molecule has 2 aromatic rings. The number of hydrogen-bond acceptors (Lipinski definition) is 4. The number of para-hydroxylation sites is 1. The number of nitrogens with one attached hydrogen (secondary N) is 3. The van der Waals surface area contributed by atoms with Crippen LogP contribution in [-0.4, -0.2) is 43.8 Å². The van der Waals surface area contributed by atoms with E-state index in [0.29, 0.717) is 30.0 Å². The number of nitrogens with zero attached hydrogens (tertiary/aromatic N) is 1. The van der Waals surface area contributed by atoms with Crippen LogP contribution in [0.25, 0.3) is 0 Å². The highest BCUT2D eigenvalue weighted by atomic mass is 19.1. The Labute approximate surface area is 182 Å². The van der Waals surface area contributed by atoms with Crippen LogP contribution in [0.1, 0.15) is 25.8 Å². The summed E-state index contributed by atoms with van der Waals surface area (Å²) >= 11 is 0. The lowest BCUT2D eigenvalue weighted by Gasteiger charge is -2.37. The van der Waals surface area contributed by atoms with Gasteiger partial charge in [0.15, 0.2) is 0 Å². The van der Waals surface area contributed by atoms with Crippen molar-refractivity contribution in [3.63, 3.8) is 0 Å². The molecule has 1 saturated heterocycles. The Morgan fingerprint density at radius 1 is 1.06 bits per heavy atom. The number of rotatable bonds is 7. The Morgan fingerprint density at radius 2 is 1.77 bits per heavy atom. The minimum atomic E-state index is -0.372. The fourth-order valence-electron chi connectivity index (χ4n) is 3.57. The number of morpholine rings is 1. The maximum Gasteiger partial charge on any atom is 0.319 e. The highest BCUT2D eigenvalue weighted by Gasteiger charge is 2.24. The Hall–Kier alpha value is -3.13. The van der Waals surface area contributed by atoms with E-state index in [1.807, 2.05) is 43.0 Å². The van der Waals surface area contributed by atoms with E-state index in [-0.39, 0.29) is 49.5 Å². The molecule has 166 valence electrons. The first-order chi connectivity index (χ1) is 14.9. The van der Waals surface area contributed by atoms with Crippen LogP contribution >= 0.6 is 0 Å². The molecule has 8 heteroatoms. The second-order valence-electron chi connectivity index (χ2n) is 7.72. The first-order valence-corrected chi connectivity index (χ1v) is 10.5. The second-order valence-corrected chi connectivity index (χ2v) is 7.72.